The van der Waals surface area contributed by atoms with E-state index in [1.54, 1.807) is 37.3 Å². The van der Waals surface area contributed by atoms with Crippen LogP contribution in [0.1, 0.15) is 50.9 Å². The summed E-state index contributed by atoms with van der Waals surface area (Å²) in [4.78, 5) is 38.2. The molecular formula is C27H30O8. The van der Waals surface area contributed by atoms with Gasteiger partial charge in [0, 0.05) is 18.4 Å². The van der Waals surface area contributed by atoms with Gasteiger partial charge in [0.25, 0.3) is 0 Å². The summed E-state index contributed by atoms with van der Waals surface area (Å²) < 4.78 is 28.9. The zero-order valence-corrected chi connectivity index (χ0v) is 20.3. The molecule has 3 aliphatic heterocycles. The Balaban J connectivity index is 1.44. The molecule has 8 heteroatoms. The van der Waals surface area contributed by atoms with Gasteiger partial charge in [0.1, 0.15) is 18.3 Å². The molecule has 1 aliphatic carbocycles. The Hall–Kier alpha value is -2.97. The van der Waals surface area contributed by atoms with Crippen LogP contribution >= 0.6 is 0 Å². The quantitative estimate of drug-likeness (QED) is 0.212. The van der Waals surface area contributed by atoms with Crippen LogP contribution in [-0.4, -0.2) is 59.6 Å². The number of benzene rings is 1. The minimum absolute atomic E-state index is 0.213. The van der Waals surface area contributed by atoms with Gasteiger partial charge >= 0.3 is 17.9 Å². The van der Waals surface area contributed by atoms with Crippen LogP contribution in [0.25, 0.3) is 0 Å². The van der Waals surface area contributed by atoms with Gasteiger partial charge in [-0.15, -0.1) is 0 Å². The van der Waals surface area contributed by atoms with Gasteiger partial charge in [0.05, 0.1) is 29.3 Å². The van der Waals surface area contributed by atoms with Crippen molar-refractivity contribution >= 4 is 17.9 Å². The number of esters is 3. The van der Waals surface area contributed by atoms with Gasteiger partial charge in [-0.25, -0.2) is 14.4 Å². The highest BCUT2D eigenvalue weighted by atomic mass is 16.7. The van der Waals surface area contributed by atoms with E-state index in [4.69, 9.17) is 23.7 Å². The number of fused-ring (bicyclic) bond motifs is 2. The molecule has 5 rings (SSSR count). The second kappa shape index (κ2) is 8.31. The fraction of sp³-hybridized carbons (Fsp3) is 0.519. The van der Waals surface area contributed by atoms with Crippen molar-refractivity contribution in [2.45, 2.75) is 82.3 Å². The van der Waals surface area contributed by atoms with Gasteiger partial charge in [-0.1, -0.05) is 24.8 Å². The Morgan fingerprint density at radius 2 is 1.80 bits per heavy atom. The second-order valence-corrected chi connectivity index (χ2v) is 10.3. The molecule has 0 unspecified atom stereocenters. The van der Waals surface area contributed by atoms with E-state index in [1.165, 1.54) is 0 Å². The fourth-order valence-corrected chi connectivity index (χ4v) is 5.05. The first-order chi connectivity index (χ1) is 16.5. The van der Waals surface area contributed by atoms with Gasteiger partial charge in [-0.05, 0) is 51.5 Å². The topological polar surface area (TPSA) is 104 Å². The van der Waals surface area contributed by atoms with Crippen LogP contribution < -0.4 is 0 Å². The molecule has 3 heterocycles. The molecule has 3 fully saturated rings. The average molecular weight is 483 g/mol. The number of rotatable bonds is 4. The second-order valence-electron chi connectivity index (χ2n) is 10.3. The summed E-state index contributed by atoms with van der Waals surface area (Å²) in [6.45, 7) is 11.2. The van der Waals surface area contributed by atoms with Crippen LogP contribution in [-0.2, 0) is 33.3 Å². The average Bonchev–Trinajstić information content (AvgIpc) is 3.62. The van der Waals surface area contributed by atoms with Crippen molar-refractivity contribution in [2.24, 2.45) is 5.92 Å². The van der Waals surface area contributed by atoms with E-state index in [2.05, 4.69) is 6.58 Å². The molecular weight excluding hydrogens is 452 g/mol. The summed E-state index contributed by atoms with van der Waals surface area (Å²) in [5.41, 5.74) is -0.197. The van der Waals surface area contributed by atoms with E-state index in [0.29, 0.717) is 18.4 Å². The molecule has 0 bridgehead atoms. The number of carbonyl (C=O) groups is 3. The Bertz CT molecular complexity index is 1110. The fourth-order valence-electron chi connectivity index (χ4n) is 5.05. The van der Waals surface area contributed by atoms with Crippen LogP contribution in [0.5, 0.6) is 0 Å². The standard InChI is InChI=1S/C27H30O8/c1-14-11-19-22(15(2)23(28)32-19)20(33-25(30)27(5)16(3)34-27)13-26(4)21(35-26)12-18(14)31-24(29)17-9-7-6-8-10-17/h6-11,16,18-22H,2,12-13H2,1,3-5H3/b14-11-/t16-,18-,19+,20+,21+,22-,26+,27+/m0/s1. The molecule has 0 spiro atoms. The normalized spacial score (nSPS) is 41.4. The molecule has 8 atom stereocenters. The van der Waals surface area contributed by atoms with Crippen LogP contribution in [0.3, 0.4) is 0 Å². The first kappa shape index (κ1) is 23.8. The van der Waals surface area contributed by atoms with E-state index in [0.717, 1.165) is 5.57 Å². The number of epoxide rings is 2. The third-order valence-electron chi connectivity index (χ3n) is 7.73. The molecule has 0 N–H and O–H groups in total. The molecule has 3 saturated heterocycles. The minimum Gasteiger partial charge on any atom is -0.459 e. The maximum atomic E-state index is 12.9. The van der Waals surface area contributed by atoms with Crippen LogP contribution in [0.4, 0.5) is 0 Å². The highest BCUT2D eigenvalue weighted by molar-refractivity contribution is 5.91. The van der Waals surface area contributed by atoms with Crippen LogP contribution in [0, 0.1) is 5.92 Å². The number of hydrogen-bond acceptors (Lipinski definition) is 8. The first-order valence-corrected chi connectivity index (χ1v) is 11.9. The number of hydrogen-bond donors (Lipinski definition) is 0. The summed E-state index contributed by atoms with van der Waals surface area (Å²) in [5.74, 6) is -2.05. The van der Waals surface area contributed by atoms with Crippen molar-refractivity contribution in [1.82, 2.24) is 0 Å². The Morgan fingerprint density at radius 1 is 1.11 bits per heavy atom. The van der Waals surface area contributed by atoms with Crippen molar-refractivity contribution in [3.8, 4) is 0 Å². The summed E-state index contributed by atoms with van der Waals surface area (Å²) in [6.07, 6.45) is 0.124. The molecule has 0 radical (unpaired) electrons. The lowest BCUT2D eigenvalue weighted by molar-refractivity contribution is -0.159. The van der Waals surface area contributed by atoms with Crippen molar-refractivity contribution in [2.75, 3.05) is 0 Å². The van der Waals surface area contributed by atoms with E-state index >= 15 is 0 Å². The van der Waals surface area contributed by atoms with Gasteiger partial charge in [-0.2, -0.15) is 0 Å². The zero-order chi connectivity index (χ0) is 25.1. The largest absolute Gasteiger partial charge is 0.459 e. The molecule has 1 aromatic rings. The molecule has 0 amide bonds. The first-order valence-electron chi connectivity index (χ1n) is 11.9. The predicted octanol–water partition coefficient (Wildman–Crippen LogP) is 3.30. The lowest BCUT2D eigenvalue weighted by Gasteiger charge is -2.30. The monoisotopic (exact) mass is 482 g/mol. The summed E-state index contributed by atoms with van der Waals surface area (Å²) in [7, 11) is 0. The number of carbonyl (C=O) groups excluding carboxylic acids is 3. The lowest BCUT2D eigenvalue weighted by atomic mass is 9.82. The van der Waals surface area contributed by atoms with Gasteiger partial charge in [0.15, 0.2) is 5.60 Å². The van der Waals surface area contributed by atoms with E-state index in [-0.39, 0.29) is 17.8 Å². The number of ether oxygens (including phenoxy) is 5. The maximum Gasteiger partial charge on any atom is 0.341 e. The smallest absolute Gasteiger partial charge is 0.341 e. The van der Waals surface area contributed by atoms with Gasteiger partial charge in [-0.3, -0.25) is 0 Å². The summed E-state index contributed by atoms with van der Waals surface area (Å²) >= 11 is 0. The van der Waals surface area contributed by atoms with Crippen molar-refractivity contribution < 1.29 is 38.1 Å². The predicted molar refractivity (Wildman–Crippen MR) is 123 cm³/mol. The summed E-state index contributed by atoms with van der Waals surface area (Å²) in [6, 6.07) is 8.77. The van der Waals surface area contributed by atoms with Crippen molar-refractivity contribution in [3.05, 3.63) is 59.7 Å². The lowest BCUT2D eigenvalue weighted by Crippen LogP contribution is -2.40. The summed E-state index contributed by atoms with van der Waals surface area (Å²) in [5, 5.41) is 0. The third kappa shape index (κ3) is 4.29. The zero-order valence-electron chi connectivity index (χ0n) is 20.3. The van der Waals surface area contributed by atoms with E-state index in [9.17, 15) is 14.4 Å². The van der Waals surface area contributed by atoms with E-state index < -0.39 is 53.3 Å². The third-order valence-corrected chi connectivity index (χ3v) is 7.73. The highest BCUT2D eigenvalue weighted by Crippen LogP contribution is 2.49. The molecule has 4 aliphatic rings. The van der Waals surface area contributed by atoms with Crippen molar-refractivity contribution in [1.29, 1.82) is 0 Å². The Kier molecular flexibility index (Phi) is 5.64. The molecule has 1 aromatic carbocycles. The molecule has 0 saturated carbocycles. The molecule has 35 heavy (non-hydrogen) atoms. The molecule has 0 aromatic heterocycles. The molecule has 186 valence electrons. The maximum absolute atomic E-state index is 12.9. The SMILES string of the molecule is C=C1C(=O)O[C@@H]2/C=C(/C)[C@@H](OC(=O)c3ccccc3)C[C@H]3O[C@]3(C)C[C@@H](OC(=O)[C@]3(C)O[C@H]3C)[C@@H]12. The van der Waals surface area contributed by atoms with Crippen LogP contribution in [0.2, 0.25) is 0 Å². The van der Waals surface area contributed by atoms with Gasteiger partial charge < -0.3 is 23.7 Å². The molecule has 8 nitrogen and oxygen atoms in total. The highest BCUT2D eigenvalue weighted by Gasteiger charge is 2.61. The van der Waals surface area contributed by atoms with Crippen molar-refractivity contribution in [3.63, 3.8) is 0 Å². The minimum atomic E-state index is -0.997. The van der Waals surface area contributed by atoms with E-state index in [1.807, 2.05) is 26.8 Å². The van der Waals surface area contributed by atoms with Gasteiger partial charge in [0.2, 0.25) is 0 Å². The Labute approximate surface area is 204 Å². The van der Waals surface area contributed by atoms with Crippen LogP contribution in [0.15, 0.2) is 54.1 Å². The Morgan fingerprint density at radius 3 is 2.46 bits per heavy atom.